The number of hydrogen-bond donors (Lipinski definition) is 1. The van der Waals surface area contributed by atoms with Crippen LogP contribution in [0.5, 0.6) is 5.75 Å². The number of thioether (sulfide) groups is 1. The number of phenolic OH excluding ortho intramolecular Hbond substituents is 1. The zero-order valence-electron chi connectivity index (χ0n) is 9.13. The van der Waals surface area contributed by atoms with Crippen LogP contribution in [0.1, 0.15) is 11.1 Å². The first-order chi connectivity index (χ1) is 8.29. The molecular formula is C14H11NOS. The van der Waals surface area contributed by atoms with Crippen LogP contribution in [0.15, 0.2) is 53.4 Å². The van der Waals surface area contributed by atoms with Crippen LogP contribution in [0.25, 0.3) is 0 Å². The molecule has 1 N–H and O–H groups in total. The predicted molar refractivity (Wildman–Crippen MR) is 68.8 cm³/mol. The normalized spacial score (nSPS) is 9.82. The summed E-state index contributed by atoms with van der Waals surface area (Å²) in [6, 6.07) is 16.9. The van der Waals surface area contributed by atoms with Crippen molar-refractivity contribution in [2.75, 3.05) is 0 Å². The van der Waals surface area contributed by atoms with Crippen molar-refractivity contribution < 1.29 is 5.11 Å². The third-order valence-corrected chi connectivity index (χ3v) is 3.39. The Hall–Kier alpha value is -1.92. The highest BCUT2D eigenvalue weighted by Gasteiger charge is 2.02. The molecule has 0 amide bonds. The molecule has 2 aromatic rings. The van der Waals surface area contributed by atoms with Crippen molar-refractivity contribution in [2.24, 2.45) is 0 Å². The van der Waals surface area contributed by atoms with Gasteiger partial charge in [-0.25, -0.2) is 0 Å². The molecule has 0 spiro atoms. The van der Waals surface area contributed by atoms with E-state index in [9.17, 15) is 5.11 Å². The van der Waals surface area contributed by atoms with Gasteiger partial charge in [0.05, 0.1) is 11.6 Å². The molecule has 0 heterocycles. The van der Waals surface area contributed by atoms with Crippen LogP contribution in [0.3, 0.4) is 0 Å². The minimum Gasteiger partial charge on any atom is -0.508 e. The van der Waals surface area contributed by atoms with E-state index in [4.69, 9.17) is 5.26 Å². The monoisotopic (exact) mass is 241 g/mol. The Labute approximate surface area is 105 Å². The fraction of sp³-hybridized carbons (Fsp3) is 0.0714. The van der Waals surface area contributed by atoms with Crippen molar-refractivity contribution in [3.63, 3.8) is 0 Å². The molecule has 2 rings (SSSR count). The molecule has 0 unspecified atom stereocenters. The van der Waals surface area contributed by atoms with E-state index in [1.54, 1.807) is 23.9 Å². The fourth-order valence-electron chi connectivity index (χ4n) is 1.49. The SMILES string of the molecule is N#Cc1ccccc1CSc1cccc(O)c1. The number of benzene rings is 2. The van der Waals surface area contributed by atoms with Gasteiger partial charge in [0.15, 0.2) is 0 Å². The van der Waals surface area contributed by atoms with Crippen LogP contribution in [-0.2, 0) is 5.75 Å². The highest BCUT2D eigenvalue weighted by Crippen LogP contribution is 2.26. The van der Waals surface area contributed by atoms with Gasteiger partial charge in [0, 0.05) is 10.6 Å². The summed E-state index contributed by atoms with van der Waals surface area (Å²) in [4.78, 5) is 0.998. The summed E-state index contributed by atoms with van der Waals surface area (Å²) in [5.41, 5.74) is 1.73. The van der Waals surface area contributed by atoms with Crippen LogP contribution in [-0.4, -0.2) is 5.11 Å². The van der Waals surface area contributed by atoms with Gasteiger partial charge >= 0.3 is 0 Å². The first-order valence-electron chi connectivity index (χ1n) is 5.19. The van der Waals surface area contributed by atoms with Crippen molar-refractivity contribution in [1.82, 2.24) is 0 Å². The Morgan fingerprint density at radius 2 is 1.94 bits per heavy atom. The van der Waals surface area contributed by atoms with E-state index in [1.807, 2.05) is 36.4 Å². The summed E-state index contributed by atoms with van der Waals surface area (Å²) in [5, 5.41) is 18.3. The lowest BCUT2D eigenvalue weighted by molar-refractivity contribution is 0.474. The summed E-state index contributed by atoms with van der Waals surface area (Å²) in [6.07, 6.45) is 0. The van der Waals surface area contributed by atoms with Crippen molar-refractivity contribution in [3.8, 4) is 11.8 Å². The van der Waals surface area contributed by atoms with Gasteiger partial charge in [-0.1, -0.05) is 24.3 Å². The second-order valence-electron chi connectivity index (χ2n) is 3.55. The van der Waals surface area contributed by atoms with Gasteiger partial charge in [-0.05, 0) is 29.8 Å². The van der Waals surface area contributed by atoms with Gasteiger partial charge in [0.1, 0.15) is 5.75 Å². The van der Waals surface area contributed by atoms with E-state index >= 15 is 0 Å². The van der Waals surface area contributed by atoms with Gasteiger partial charge < -0.3 is 5.11 Å². The van der Waals surface area contributed by atoms with Crippen LogP contribution >= 0.6 is 11.8 Å². The molecule has 2 aromatic carbocycles. The quantitative estimate of drug-likeness (QED) is 0.836. The third kappa shape index (κ3) is 3.02. The molecule has 0 atom stereocenters. The van der Waals surface area contributed by atoms with Gasteiger partial charge in [0.25, 0.3) is 0 Å². The van der Waals surface area contributed by atoms with Crippen LogP contribution < -0.4 is 0 Å². The molecule has 17 heavy (non-hydrogen) atoms. The summed E-state index contributed by atoms with van der Waals surface area (Å²) in [5.74, 6) is 0.997. The van der Waals surface area contributed by atoms with Gasteiger partial charge in [-0.2, -0.15) is 5.26 Å². The second-order valence-corrected chi connectivity index (χ2v) is 4.60. The van der Waals surface area contributed by atoms with Crippen molar-refractivity contribution >= 4 is 11.8 Å². The first kappa shape index (κ1) is 11.6. The number of aromatic hydroxyl groups is 1. The maximum absolute atomic E-state index is 9.35. The highest BCUT2D eigenvalue weighted by atomic mass is 32.2. The van der Waals surface area contributed by atoms with Crippen molar-refractivity contribution in [1.29, 1.82) is 5.26 Å². The molecule has 0 saturated carbocycles. The van der Waals surface area contributed by atoms with Gasteiger partial charge in [-0.15, -0.1) is 11.8 Å². The molecule has 0 aliphatic heterocycles. The average Bonchev–Trinajstić information content (AvgIpc) is 2.37. The maximum atomic E-state index is 9.35. The lowest BCUT2D eigenvalue weighted by Crippen LogP contribution is -1.86. The van der Waals surface area contributed by atoms with Crippen LogP contribution in [0.2, 0.25) is 0 Å². The van der Waals surface area contributed by atoms with E-state index in [1.165, 1.54) is 0 Å². The van der Waals surface area contributed by atoms with E-state index in [2.05, 4.69) is 6.07 Å². The molecule has 0 aliphatic carbocycles. The second kappa shape index (κ2) is 5.42. The average molecular weight is 241 g/mol. The van der Waals surface area contributed by atoms with Gasteiger partial charge in [-0.3, -0.25) is 0 Å². The lowest BCUT2D eigenvalue weighted by atomic mass is 10.1. The minimum atomic E-state index is 0.267. The number of nitriles is 1. The molecule has 84 valence electrons. The van der Waals surface area contributed by atoms with E-state index in [-0.39, 0.29) is 5.75 Å². The molecule has 0 fully saturated rings. The Morgan fingerprint density at radius 3 is 2.71 bits per heavy atom. The molecular weight excluding hydrogens is 230 g/mol. The zero-order valence-corrected chi connectivity index (χ0v) is 9.95. The third-order valence-electron chi connectivity index (χ3n) is 2.35. The minimum absolute atomic E-state index is 0.267. The number of rotatable bonds is 3. The molecule has 0 radical (unpaired) electrons. The summed E-state index contributed by atoms with van der Waals surface area (Å²) in [7, 11) is 0. The van der Waals surface area contributed by atoms with E-state index in [0.29, 0.717) is 5.56 Å². The fourth-order valence-corrected chi connectivity index (χ4v) is 2.44. The maximum Gasteiger partial charge on any atom is 0.116 e. The summed E-state index contributed by atoms with van der Waals surface area (Å²) in [6.45, 7) is 0. The molecule has 0 aliphatic rings. The number of hydrogen-bond acceptors (Lipinski definition) is 3. The van der Waals surface area contributed by atoms with Crippen LogP contribution in [0, 0.1) is 11.3 Å². The molecule has 0 saturated heterocycles. The number of phenols is 1. The van der Waals surface area contributed by atoms with Crippen LogP contribution in [0.4, 0.5) is 0 Å². The molecule has 0 bridgehead atoms. The predicted octanol–water partition coefficient (Wildman–Crippen LogP) is 3.56. The summed E-state index contributed by atoms with van der Waals surface area (Å²) >= 11 is 1.61. The topological polar surface area (TPSA) is 44.0 Å². The largest absolute Gasteiger partial charge is 0.508 e. The molecule has 0 aromatic heterocycles. The van der Waals surface area contributed by atoms with Crippen molar-refractivity contribution in [2.45, 2.75) is 10.6 Å². The molecule has 3 heteroatoms. The Balaban J connectivity index is 2.10. The standard InChI is InChI=1S/C14H11NOS/c15-9-11-4-1-2-5-12(11)10-17-14-7-3-6-13(16)8-14/h1-8,16H,10H2. The zero-order chi connectivity index (χ0) is 12.1. The number of nitrogens with zero attached hydrogens (tertiary/aromatic N) is 1. The van der Waals surface area contributed by atoms with E-state index < -0.39 is 0 Å². The molecule has 2 nitrogen and oxygen atoms in total. The van der Waals surface area contributed by atoms with E-state index in [0.717, 1.165) is 16.2 Å². The Morgan fingerprint density at radius 1 is 1.12 bits per heavy atom. The summed E-state index contributed by atoms with van der Waals surface area (Å²) < 4.78 is 0. The van der Waals surface area contributed by atoms with Gasteiger partial charge in [0.2, 0.25) is 0 Å². The lowest BCUT2D eigenvalue weighted by Gasteiger charge is -2.04. The van der Waals surface area contributed by atoms with Crippen molar-refractivity contribution in [3.05, 3.63) is 59.7 Å². The Bertz CT molecular complexity index is 560. The first-order valence-corrected chi connectivity index (χ1v) is 6.18. The Kier molecular flexibility index (Phi) is 3.69. The smallest absolute Gasteiger partial charge is 0.116 e. The highest BCUT2D eigenvalue weighted by molar-refractivity contribution is 7.98.